The maximum Gasteiger partial charge on any atom is 0.239 e. The van der Waals surface area contributed by atoms with Crippen molar-refractivity contribution in [2.75, 3.05) is 45.9 Å². The third-order valence-electron chi connectivity index (χ3n) is 4.31. The molecular weight excluding hydrogens is 336 g/mol. The number of rotatable bonds is 4. The zero-order valence-electron chi connectivity index (χ0n) is 14.2. The van der Waals surface area contributed by atoms with Crippen molar-refractivity contribution in [3.63, 3.8) is 0 Å². The smallest absolute Gasteiger partial charge is 0.239 e. The molecule has 2 atom stereocenters. The molecule has 2 rings (SSSR count). The fourth-order valence-corrected chi connectivity index (χ4v) is 2.86. The Balaban J connectivity index is 0.00000288. The number of carbonyl (C=O) groups is 3. The van der Waals surface area contributed by atoms with Gasteiger partial charge in [-0.15, -0.1) is 12.4 Å². The summed E-state index contributed by atoms with van der Waals surface area (Å²) in [5.41, 5.74) is 0. The van der Waals surface area contributed by atoms with Crippen LogP contribution in [0.3, 0.4) is 0 Å². The normalized spacial score (nSPS) is 24.1. The van der Waals surface area contributed by atoms with E-state index < -0.39 is 0 Å². The van der Waals surface area contributed by atoms with E-state index in [9.17, 15) is 14.4 Å². The summed E-state index contributed by atoms with van der Waals surface area (Å²) >= 11 is 0. The summed E-state index contributed by atoms with van der Waals surface area (Å²) in [5, 5.41) is 5.90. The van der Waals surface area contributed by atoms with E-state index >= 15 is 0 Å². The van der Waals surface area contributed by atoms with Crippen molar-refractivity contribution >= 4 is 30.1 Å². The number of piperazine rings is 1. The molecule has 0 aromatic rings. The van der Waals surface area contributed by atoms with Crippen LogP contribution in [-0.4, -0.2) is 85.5 Å². The second-order valence-corrected chi connectivity index (χ2v) is 5.94. The monoisotopic (exact) mass is 362 g/mol. The first-order chi connectivity index (χ1) is 11.0. The number of hydrogen-bond donors (Lipinski definition) is 2. The molecule has 2 N–H and O–H groups in total. The minimum absolute atomic E-state index is 0. The summed E-state index contributed by atoms with van der Waals surface area (Å²) in [7, 11) is 0. The van der Waals surface area contributed by atoms with E-state index in [1.165, 1.54) is 6.92 Å². The Morgan fingerprint density at radius 3 is 2.38 bits per heavy atom. The topological polar surface area (TPSA) is 91.0 Å². The quantitative estimate of drug-likeness (QED) is 0.668. The number of amides is 3. The Kier molecular flexibility index (Phi) is 8.44. The van der Waals surface area contributed by atoms with E-state index in [-0.39, 0.29) is 48.7 Å². The maximum atomic E-state index is 12.1. The molecule has 0 aromatic heterocycles. The summed E-state index contributed by atoms with van der Waals surface area (Å²) in [6.07, 6.45) is 0.104. The van der Waals surface area contributed by atoms with Crippen LogP contribution < -0.4 is 10.6 Å². The summed E-state index contributed by atoms with van der Waals surface area (Å²) in [5.74, 6) is -0.0820. The molecule has 0 saturated carbocycles. The highest BCUT2D eigenvalue weighted by atomic mass is 35.5. The van der Waals surface area contributed by atoms with Crippen LogP contribution in [0.1, 0.15) is 20.3 Å². The second kappa shape index (κ2) is 9.80. The van der Waals surface area contributed by atoms with Gasteiger partial charge in [-0.05, 0) is 6.92 Å². The molecular formula is C15H27ClN4O4. The Hall–Kier alpha value is -1.38. The highest BCUT2D eigenvalue weighted by molar-refractivity contribution is 5.85. The first-order valence-corrected chi connectivity index (χ1v) is 8.15. The van der Waals surface area contributed by atoms with E-state index in [0.29, 0.717) is 45.9 Å². The molecule has 0 spiro atoms. The van der Waals surface area contributed by atoms with Crippen LogP contribution in [0.4, 0.5) is 0 Å². The Labute approximate surface area is 148 Å². The van der Waals surface area contributed by atoms with Crippen molar-refractivity contribution in [1.29, 1.82) is 0 Å². The zero-order valence-corrected chi connectivity index (χ0v) is 15.1. The third kappa shape index (κ3) is 5.61. The van der Waals surface area contributed by atoms with Crippen molar-refractivity contribution in [2.45, 2.75) is 32.4 Å². The molecule has 24 heavy (non-hydrogen) atoms. The minimum atomic E-state index is -0.363. The fraction of sp³-hybridized carbons (Fsp3) is 0.800. The van der Waals surface area contributed by atoms with Crippen molar-refractivity contribution < 1.29 is 19.1 Å². The van der Waals surface area contributed by atoms with Gasteiger partial charge in [-0.2, -0.15) is 0 Å². The van der Waals surface area contributed by atoms with E-state index in [4.69, 9.17) is 4.74 Å². The molecule has 2 aliphatic heterocycles. The van der Waals surface area contributed by atoms with Crippen LogP contribution in [0.5, 0.6) is 0 Å². The number of morpholine rings is 1. The van der Waals surface area contributed by atoms with Crippen LogP contribution in [-0.2, 0) is 19.1 Å². The van der Waals surface area contributed by atoms with Crippen LogP contribution in [0.15, 0.2) is 0 Å². The highest BCUT2D eigenvalue weighted by Gasteiger charge is 2.28. The van der Waals surface area contributed by atoms with Gasteiger partial charge < -0.3 is 25.2 Å². The fourth-order valence-electron chi connectivity index (χ4n) is 2.86. The number of halogens is 1. The average molecular weight is 363 g/mol. The summed E-state index contributed by atoms with van der Waals surface area (Å²) < 4.78 is 5.43. The molecule has 2 saturated heterocycles. The number of nitrogens with one attached hydrogen (secondary N) is 2. The first-order valence-electron chi connectivity index (χ1n) is 8.15. The SMILES string of the molecule is CC(=O)N1CCN(C(=O)CCNC(=O)[C@H]2NCCO[C@@H]2C)CC1.Cl. The van der Waals surface area contributed by atoms with Crippen LogP contribution in [0.25, 0.3) is 0 Å². The van der Waals surface area contributed by atoms with Gasteiger partial charge in [-0.1, -0.05) is 0 Å². The lowest BCUT2D eigenvalue weighted by Crippen LogP contribution is -2.56. The van der Waals surface area contributed by atoms with Gasteiger partial charge in [-0.3, -0.25) is 14.4 Å². The van der Waals surface area contributed by atoms with Gasteiger partial charge in [0.25, 0.3) is 0 Å². The summed E-state index contributed by atoms with van der Waals surface area (Å²) in [6.45, 7) is 7.24. The number of ether oxygens (including phenoxy) is 1. The molecule has 2 fully saturated rings. The van der Waals surface area contributed by atoms with Gasteiger partial charge in [0.1, 0.15) is 6.04 Å². The van der Waals surface area contributed by atoms with E-state index in [1.54, 1.807) is 9.80 Å². The molecule has 0 aliphatic carbocycles. The number of nitrogens with zero attached hydrogens (tertiary/aromatic N) is 2. The maximum absolute atomic E-state index is 12.1. The van der Waals surface area contributed by atoms with Crippen LogP contribution in [0, 0.1) is 0 Å². The predicted octanol–water partition coefficient (Wildman–Crippen LogP) is -1.02. The van der Waals surface area contributed by atoms with Crippen LogP contribution in [0.2, 0.25) is 0 Å². The van der Waals surface area contributed by atoms with Gasteiger partial charge in [0, 0.05) is 52.6 Å². The predicted molar refractivity (Wildman–Crippen MR) is 90.9 cm³/mol. The molecule has 0 aromatic carbocycles. The molecule has 0 radical (unpaired) electrons. The van der Waals surface area contributed by atoms with E-state index in [0.717, 1.165) is 0 Å². The Bertz CT molecular complexity index is 455. The molecule has 2 heterocycles. The highest BCUT2D eigenvalue weighted by Crippen LogP contribution is 2.05. The first kappa shape index (κ1) is 20.7. The standard InChI is InChI=1S/C15H26N4O4.ClH/c1-11-14(16-5-10-23-11)15(22)17-4-3-13(21)19-8-6-18(7-9-19)12(2)20;/h11,14,16H,3-10H2,1-2H3,(H,17,22);1H/t11-,14+;/m1./s1. The summed E-state index contributed by atoms with van der Waals surface area (Å²) in [4.78, 5) is 38.9. The van der Waals surface area contributed by atoms with Crippen LogP contribution >= 0.6 is 12.4 Å². The largest absolute Gasteiger partial charge is 0.375 e. The molecule has 8 nitrogen and oxygen atoms in total. The summed E-state index contributed by atoms with van der Waals surface area (Å²) in [6, 6.07) is -0.363. The zero-order chi connectivity index (χ0) is 16.8. The van der Waals surface area contributed by atoms with Gasteiger partial charge in [0.2, 0.25) is 17.7 Å². The number of hydrogen-bond acceptors (Lipinski definition) is 5. The van der Waals surface area contributed by atoms with E-state index in [2.05, 4.69) is 10.6 Å². The second-order valence-electron chi connectivity index (χ2n) is 5.94. The number of carbonyl (C=O) groups excluding carboxylic acids is 3. The van der Waals surface area contributed by atoms with Gasteiger partial charge in [0.15, 0.2) is 0 Å². The Morgan fingerprint density at radius 2 is 1.79 bits per heavy atom. The average Bonchev–Trinajstić information content (AvgIpc) is 2.55. The molecule has 3 amide bonds. The van der Waals surface area contributed by atoms with Crippen molar-refractivity contribution in [2.24, 2.45) is 0 Å². The molecule has 9 heteroatoms. The Morgan fingerprint density at radius 1 is 1.17 bits per heavy atom. The lowest BCUT2D eigenvalue weighted by atomic mass is 10.1. The lowest BCUT2D eigenvalue weighted by Gasteiger charge is -2.34. The molecule has 0 unspecified atom stereocenters. The van der Waals surface area contributed by atoms with Gasteiger partial charge in [0.05, 0.1) is 12.7 Å². The third-order valence-corrected chi connectivity index (χ3v) is 4.31. The van der Waals surface area contributed by atoms with Crippen molar-refractivity contribution in [3.8, 4) is 0 Å². The van der Waals surface area contributed by atoms with Gasteiger partial charge >= 0.3 is 0 Å². The molecule has 2 aliphatic rings. The lowest BCUT2D eigenvalue weighted by molar-refractivity contribution is -0.138. The van der Waals surface area contributed by atoms with Crippen molar-refractivity contribution in [3.05, 3.63) is 0 Å². The molecule has 138 valence electrons. The van der Waals surface area contributed by atoms with Crippen molar-refractivity contribution in [1.82, 2.24) is 20.4 Å². The van der Waals surface area contributed by atoms with Gasteiger partial charge in [-0.25, -0.2) is 0 Å². The minimum Gasteiger partial charge on any atom is -0.375 e. The molecule has 0 bridgehead atoms. The van der Waals surface area contributed by atoms with E-state index in [1.807, 2.05) is 6.92 Å².